The van der Waals surface area contributed by atoms with Crippen molar-refractivity contribution in [3.8, 4) is 0 Å². The summed E-state index contributed by atoms with van der Waals surface area (Å²) in [5, 5.41) is 0. The van der Waals surface area contributed by atoms with Gasteiger partial charge in [0.05, 0.1) is 12.1 Å². The monoisotopic (exact) mass is 216 g/mol. The zero-order chi connectivity index (χ0) is 10.9. The fraction of sp³-hybridized carbons (Fsp3) is 0.333. The van der Waals surface area contributed by atoms with Crippen molar-refractivity contribution in [1.29, 1.82) is 0 Å². The van der Waals surface area contributed by atoms with Crippen LogP contribution < -0.4 is 0 Å². The number of hydrogen-bond donors (Lipinski definition) is 0. The lowest BCUT2D eigenvalue weighted by molar-refractivity contribution is -0.141. The third-order valence-corrected chi connectivity index (χ3v) is 1.89. The van der Waals surface area contributed by atoms with E-state index in [1.807, 2.05) is 0 Å². The zero-order valence-electron chi connectivity index (χ0n) is 7.58. The molecule has 0 N–H and O–H groups in total. The molecule has 0 bridgehead atoms. The minimum atomic E-state index is -4.48. The van der Waals surface area contributed by atoms with Crippen LogP contribution in [0.15, 0.2) is 23.3 Å². The van der Waals surface area contributed by atoms with E-state index in [-0.39, 0.29) is 11.5 Å². The first-order valence-corrected chi connectivity index (χ1v) is 4.29. The second-order valence-corrected chi connectivity index (χ2v) is 2.93. The minimum Gasteiger partial charge on any atom is -0.475 e. The minimum absolute atomic E-state index is 0.0235. The van der Waals surface area contributed by atoms with Gasteiger partial charge in [-0.1, -0.05) is 0 Å². The molecule has 1 aliphatic rings. The molecule has 2 rings (SSSR count). The molecule has 2 heterocycles. The lowest BCUT2D eigenvalue weighted by Gasteiger charge is -2.10. The highest BCUT2D eigenvalue weighted by Crippen LogP contribution is 2.30. The Kier molecular flexibility index (Phi) is 2.34. The van der Waals surface area contributed by atoms with Crippen molar-refractivity contribution in [2.45, 2.75) is 6.18 Å². The number of halogens is 3. The van der Waals surface area contributed by atoms with Gasteiger partial charge in [-0.05, 0) is 12.1 Å². The number of nitrogens with zero attached hydrogens (tertiary/aromatic N) is 2. The number of aliphatic imine (C=N–C) groups is 1. The van der Waals surface area contributed by atoms with E-state index in [9.17, 15) is 13.2 Å². The maximum atomic E-state index is 12.5. The Morgan fingerprint density at radius 3 is 2.73 bits per heavy atom. The lowest BCUT2D eigenvalue weighted by atomic mass is 10.2. The van der Waals surface area contributed by atoms with Crippen molar-refractivity contribution in [2.75, 3.05) is 13.2 Å². The third kappa shape index (κ3) is 1.93. The normalized spacial score (nSPS) is 16.1. The first-order valence-electron chi connectivity index (χ1n) is 4.29. The van der Waals surface area contributed by atoms with Crippen LogP contribution in [0.3, 0.4) is 0 Å². The molecule has 0 unspecified atom stereocenters. The maximum Gasteiger partial charge on any atom is 0.434 e. The highest BCUT2D eigenvalue weighted by atomic mass is 19.4. The highest BCUT2D eigenvalue weighted by Gasteiger charge is 2.37. The predicted molar refractivity (Wildman–Crippen MR) is 46.6 cm³/mol. The summed E-state index contributed by atoms with van der Waals surface area (Å²) in [6.07, 6.45) is -3.38. The number of rotatable bonds is 1. The topological polar surface area (TPSA) is 34.5 Å². The van der Waals surface area contributed by atoms with Gasteiger partial charge in [-0.3, -0.25) is 4.98 Å². The smallest absolute Gasteiger partial charge is 0.434 e. The summed E-state index contributed by atoms with van der Waals surface area (Å²) in [5.41, 5.74) is -1.05. The van der Waals surface area contributed by atoms with Crippen molar-refractivity contribution in [2.24, 2.45) is 4.99 Å². The van der Waals surface area contributed by atoms with Gasteiger partial charge < -0.3 is 4.74 Å². The zero-order valence-corrected chi connectivity index (χ0v) is 7.58. The molecule has 0 radical (unpaired) electrons. The Hall–Kier alpha value is -1.59. The van der Waals surface area contributed by atoms with Crippen molar-refractivity contribution in [1.82, 2.24) is 4.98 Å². The van der Waals surface area contributed by atoms with Crippen LogP contribution in [0.25, 0.3) is 0 Å². The third-order valence-electron chi connectivity index (χ3n) is 1.89. The summed E-state index contributed by atoms with van der Waals surface area (Å²) in [4.78, 5) is 7.14. The molecular formula is C9H7F3N2O. The average molecular weight is 216 g/mol. The Labute approximate surface area is 83.6 Å². The van der Waals surface area contributed by atoms with Gasteiger partial charge in [0, 0.05) is 6.20 Å². The summed E-state index contributed by atoms with van der Waals surface area (Å²) in [7, 11) is 0. The molecule has 1 aliphatic heterocycles. The van der Waals surface area contributed by atoms with E-state index in [2.05, 4.69) is 9.98 Å². The van der Waals surface area contributed by atoms with Crippen LogP contribution in [-0.2, 0) is 10.9 Å². The number of aromatic nitrogens is 1. The van der Waals surface area contributed by atoms with E-state index in [1.165, 1.54) is 12.1 Å². The molecule has 6 heteroatoms. The molecule has 3 nitrogen and oxygen atoms in total. The highest BCUT2D eigenvalue weighted by molar-refractivity contribution is 5.96. The van der Waals surface area contributed by atoms with Crippen molar-refractivity contribution in [3.05, 3.63) is 29.6 Å². The van der Waals surface area contributed by atoms with E-state index >= 15 is 0 Å². The van der Waals surface area contributed by atoms with Gasteiger partial charge in [0.2, 0.25) is 5.90 Å². The van der Waals surface area contributed by atoms with Gasteiger partial charge >= 0.3 is 6.18 Å². The second-order valence-electron chi connectivity index (χ2n) is 2.93. The van der Waals surface area contributed by atoms with E-state index in [4.69, 9.17) is 4.74 Å². The first-order chi connectivity index (χ1) is 7.09. The van der Waals surface area contributed by atoms with E-state index in [0.29, 0.717) is 13.2 Å². The standard InChI is InChI=1S/C9H7F3N2O/c10-9(11,12)7-6(2-1-3-13-7)8-14-4-5-15-8/h1-3H,4-5H2. The van der Waals surface area contributed by atoms with Gasteiger partial charge in [-0.15, -0.1) is 0 Å². The number of hydrogen-bond acceptors (Lipinski definition) is 3. The summed E-state index contributed by atoms with van der Waals surface area (Å²) < 4.78 is 42.6. The lowest BCUT2D eigenvalue weighted by Crippen LogP contribution is -2.15. The molecular weight excluding hydrogens is 209 g/mol. The Morgan fingerprint density at radius 1 is 1.33 bits per heavy atom. The molecule has 1 aromatic rings. The second kappa shape index (κ2) is 3.52. The summed E-state index contributed by atoms with van der Waals surface area (Å²) >= 11 is 0. The summed E-state index contributed by atoms with van der Waals surface area (Å²) in [6, 6.07) is 2.73. The van der Waals surface area contributed by atoms with Crippen molar-refractivity contribution in [3.63, 3.8) is 0 Å². The van der Waals surface area contributed by atoms with Crippen LogP contribution in [0.5, 0.6) is 0 Å². The summed E-state index contributed by atoms with van der Waals surface area (Å²) in [5.74, 6) is 0.0235. The van der Waals surface area contributed by atoms with Crippen LogP contribution in [0.4, 0.5) is 13.2 Å². The van der Waals surface area contributed by atoms with E-state index in [0.717, 1.165) is 6.20 Å². The molecule has 0 amide bonds. The Bertz CT molecular complexity index is 401. The number of pyridine rings is 1. The molecule has 0 fully saturated rings. The largest absolute Gasteiger partial charge is 0.475 e. The first kappa shape index (κ1) is 9.95. The number of alkyl halides is 3. The predicted octanol–water partition coefficient (Wildman–Crippen LogP) is 1.88. The molecule has 0 atom stereocenters. The fourth-order valence-corrected chi connectivity index (χ4v) is 1.30. The van der Waals surface area contributed by atoms with E-state index < -0.39 is 11.9 Å². The Balaban J connectivity index is 2.47. The fourth-order valence-electron chi connectivity index (χ4n) is 1.30. The number of ether oxygens (including phenoxy) is 1. The SMILES string of the molecule is FC(F)(F)c1ncccc1C1=NCCO1. The molecule has 0 spiro atoms. The average Bonchev–Trinajstić information content (AvgIpc) is 2.69. The molecule has 1 aromatic heterocycles. The van der Waals surface area contributed by atoms with Gasteiger partial charge in [-0.2, -0.15) is 13.2 Å². The molecule has 0 saturated carbocycles. The van der Waals surface area contributed by atoms with E-state index in [1.54, 1.807) is 0 Å². The van der Waals surface area contributed by atoms with Crippen LogP contribution in [0.2, 0.25) is 0 Å². The maximum absolute atomic E-state index is 12.5. The molecule has 15 heavy (non-hydrogen) atoms. The van der Waals surface area contributed by atoms with Gasteiger partial charge in [0.15, 0.2) is 5.69 Å². The van der Waals surface area contributed by atoms with Crippen LogP contribution >= 0.6 is 0 Å². The quantitative estimate of drug-likeness (QED) is 0.718. The molecule has 0 aliphatic carbocycles. The van der Waals surface area contributed by atoms with Gasteiger partial charge in [0.1, 0.15) is 6.61 Å². The van der Waals surface area contributed by atoms with Crippen LogP contribution in [0.1, 0.15) is 11.3 Å². The van der Waals surface area contributed by atoms with Crippen LogP contribution in [-0.4, -0.2) is 24.0 Å². The van der Waals surface area contributed by atoms with Crippen molar-refractivity contribution >= 4 is 5.90 Å². The summed E-state index contributed by atoms with van der Waals surface area (Å²) in [6.45, 7) is 0.711. The van der Waals surface area contributed by atoms with Gasteiger partial charge in [0.25, 0.3) is 0 Å². The Morgan fingerprint density at radius 2 is 2.13 bits per heavy atom. The molecule has 0 saturated heterocycles. The van der Waals surface area contributed by atoms with Gasteiger partial charge in [-0.25, -0.2) is 4.99 Å². The van der Waals surface area contributed by atoms with Crippen molar-refractivity contribution < 1.29 is 17.9 Å². The molecule has 80 valence electrons. The molecule has 0 aromatic carbocycles. The van der Waals surface area contributed by atoms with Crippen LogP contribution in [0, 0.1) is 0 Å².